The van der Waals surface area contributed by atoms with E-state index in [1.165, 1.54) is 12.1 Å². The first-order valence-corrected chi connectivity index (χ1v) is 10.3. The lowest BCUT2D eigenvalue weighted by Gasteiger charge is -2.08. The maximum absolute atomic E-state index is 11.8. The molecule has 2 rings (SSSR count). The van der Waals surface area contributed by atoms with E-state index < -0.39 is 9.84 Å². The lowest BCUT2D eigenvalue weighted by Crippen LogP contribution is -2.30. The van der Waals surface area contributed by atoms with Crippen LogP contribution in [0.2, 0.25) is 5.02 Å². The summed E-state index contributed by atoms with van der Waals surface area (Å²) < 4.78 is 22.7. The van der Waals surface area contributed by atoms with Crippen LogP contribution in [0.15, 0.2) is 58.3 Å². The summed E-state index contributed by atoms with van der Waals surface area (Å²) in [5.74, 6) is 0.724. The Labute approximate surface area is 150 Å². The van der Waals surface area contributed by atoms with Crippen molar-refractivity contribution in [2.75, 3.05) is 23.9 Å². The van der Waals surface area contributed by atoms with Crippen LogP contribution in [-0.4, -0.2) is 33.0 Å². The van der Waals surface area contributed by atoms with Crippen LogP contribution in [0.5, 0.6) is 0 Å². The van der Waals surface area contributed by atoms with E-state index in [4.69, 9.17) is 11.6 Å². The third kappa shape index (κ3) is 6.07. The zero-order chi connectivity index (χ0) is 17.6. The highest BCUT2D eigenvalue weighted by molar-refractivity contribution is 7.99. The van der Waals surface area contributed by atoms with Crippen molar-refractivity contribution >= 4 is 44.9 Å². The molecule has 0 heterocycles. The fourth-order valence-corrected chi connectivity index (χ4v) is 3.35. The molecule has 8 heteroatoms. The summed E-state index contributed by atoms with van der Waals surface area (Å²) in [6.45, 7) is 0.501. The topological polar surface area (TPSA) is 75.3 Å². The summed E-state index contributed by atoms with van der Waals surface area (Å²) in [5, 5.41) is 6.09. The lowest BCUT2D eigenvalue weighted by molar-refractivity contribution is 0.252. The van der Waals surface area contributed by atoms with Crippen LogP contribution in [0, 0.1) is 0 Å². The Morgan fingerprint density at radius 3 is 2.29 bits per heavy atom. The molecule has 0 atom stereocenters. The number of carbonyl (C=O) groups excluding carboxylic acids is 1. The normalized spacial score (nSPS) is 11.1. The monoisotopic (exact) mass is 384 g/mol. The van der Waals surface area contributed by atoms with Gasteiger partial charge >= 0.3 is 6.03 Å². The second kappa shape index (κ2) is 8.41. The SMILES string of the molecule is CS(=O)(=O)c1ccc(NC(=O)NCCSc2ccc(Cl)cc2)cc1. The summed E-state index contributed by atoms with van der Waals surface area (Å²) in [4.78, 5) is 13.1. The minimum Gasteiger partial charge on any atom is -0.337 e. The van der Waals surface area contributed by atoms with Gasteiger partial charge in [-0.15, -0.1) is 11.8 Å². The van der Waals surface area contributed by atoms with Crippen molar-refractivity contribution < 1.29 is 13.2 Å². The molecule has 0 saturated carbocycles. The fraction of sp³-hybridized carbons (Fsp3) is 0.188. The van der Waals surface area contributed by atoms with Crippen LogP contribution in [-0.2, 0) is 9.84 Å². The van der Waals surface area contributed by atoms with Gasteiger partial charge in [-0.2, -0.15) is 0 Å². The van der Waals surface area contributed by atoms with E-state index in [1.807, 2.05) is 24.3 Å². The zero-order valence-corrected chi connectivity index (χ0v) is 15.3. The van der Waals surface area contributed by atoms with Crippen molar-refractivity contribution in [1.29, 1.82) is 0 Å². The van der Waals surface area contributed by atoms with E-state index in [1.54, 1.807) is 23.9 Å². The van der Waals surface area contributed by atoms with Crippen molar-refractivity contribution in [2.24, 2.45) is 0 Å². The molecular weight excluding hydrogens is 368 g/mol. The predicted octanol–water partition coefficient (Wildman–Crippen LogP) is 3.66. The number of hydrogen-bond acceptors (Lipinski definition) is 4. The summed E-state index contributed by atoms with van der Waals surface area (Å²) in [7, 11) is -3.23. The van der Waals surface area contributed by atoms with Crippen molar-refractivity contribution in [3.8, 4) is 0 Å². The highest BCUT2D eigenvalue weighted by Gasteiger charge is 2.07. The number of benzene rings is 2. The van der Waals surface area contributed by atoms with E-state index in [2.05, 4.69) is 10.6 Å². The van der Waals surface area contributed by atoms with Crippen LogP contribution >= 0.6 is 23.4 Å². The maximum atomic E-state index is 11.8. The van der Waals surface area contributed by atoms with Crippen LogP contribution in [0.1, 0.15) is 0 Å². The second-order valence-electron chi connectivity index (χ2n) is 4.98. The Balaban J connectivity index is 1.74. The zero-order valence-electron chi connectivity index (χ0n) is 13.0. The number of thioether (sulfide) groups is 1. The summed E-state index contributed by atoms with van der Waals surface area (Å²) in [5.41, 5.74) is 0.533. The number of carbonyl (C=O) groups is 1. The first-order chi connectivity index (χ1) is 11.3. The van der Waals surface area contributed by atoms with Crippen molar-refractivity contribution in [3.05, 3.63) is 53.6 Å². The van der Waals surface area contributed by atoms with Gasteiger partial charge in [0.1, 0.15) is 0 Å². The van der Waals surface area contributed by atoms with E-state index in [0.717, 1.165) is 16.9 Å². The van der Waals surface area contributed by atoms with Gasteiger partial charge in [0, 0.05) is 34.2 Å². The molecule has 0 bridgehead atoms. The number of sulfone groups is 1. The third-order valence-corrected chi connectivity index (χ3v) is 5.40. The Kier molecular flexibility index (Phi) is 6.53. The summed E-state index contributed by atoms with van der Waals surface area (Å²) >= 11 is 7.43. The minimum absolute atomic E-state index is 0.216. The number of hydrogen-bond donors (Lipinski definition) is 2. The van der Waals surface area contributed by atoms with Crippen LogP contribution < -0.4 is 10.6 Å². The molecule has 0 aromatic heterocycles. The van der Waals surface area contributed by atoms with Crippen LogP contribution in [0.3, 0.4) is 0 Å². The number of rotatable bonds is 6. The van der Waals surface area contributed by atoms with Crippen LogP contribution in [0.4, 0.5) is 10.5 Å². The molecule has 0 saturated heterocycles. The van der Waals surface area contributed by atoms with Gasteiger partial charge in [0.2, 0.25) is 0 Å². The van der Waals surface area contributed by atoms with Gasteiger partial charge < -0.3 is 10.6 Å². The minimum atomic E-state index is -3.23. The van der Waals surface area contributed by atoms with Gasteiger partial charge in [0.05, 0.1) is 4.90 Å². The molecule has 5 nitrogen and oxygen atoms in total. The molecule has 128 valence electrons. The highest BCUT2D eigenvalue weighted by atomic mass is 35.5. The Bertz CT molecular complexity index is 791. The highest BCUT2D eigenvalue weighted by Crippen LogP contribution is 2.19. The molecule has 0 unspecified atom stereocenters. The van der Waals surface area contributed by atoms with Gasteiger partial charge in [-0.3, -0.25) is 0 Å². The quantitative estimate of drug-likeness (QED) is 0.588. The molecule has 0 aliphatic carbocycles. The van der Waals surface area contributed by atoms with Gasteiger partial charge in [0.25, 0.3) is 0 Å². The molecular formula is C16H17ClN2O3S2. The molecule has 2 N–H and O–H groups in total. The van der Waals surface area contributed by atoms with Crippen molar-refractivity contribution in [3.63, 3.8) is 0 Å². The summed E-state index contributed by atoms with van der Waals surface area (Å²) in [6.07, 6.45) is 1.14. The lowest BCUT2D eigenvalue weighted by atomic mass is 10.3. The van der Waals surface area contributed by atoms with E-state index in [9.17, 15) is 13.2 Å². The molecule has 0 aliphatic heterocycles. The molecule has 2 amide bonds. The molecule has 24 heavy (non-hydrogen) atoms. The third-order valence-electron chi connectivity index (χ3n) is 3.01. The molecule has 0 radical (unpaired) electrons. The van der Waals surface area contributed by atoms with E-state index >= 15 is 0 Å². The average Bonchev–Trinajstić information content (AvgIpc) is 2.53. The number of amides is 2. The van der Waals surface area contributed by atoms with E-state index in [0.29, 0.717) is 17.3 Å². The second-order valence-corrected chi connectivity index (χ2v) is 8.60. The first kappa shape index (κ1) is 18.6. The molecule has 0 spiro atoms. The van der Waals surface area contributed by atoms with Crippen molar-refractivity contribution in [2.45, 2.75) is 9.79 Å². The smallest absolute Gasteiger partial charge is 0.319 e. The molecule has 2 aromatic carbocycles. The Morgan fingerprint density at radius 1 is 1.08 bits per heavy atom. The number of halogens is 1. The molecule has 0 aliphatic rings. The number of urea groups is 1. The first-order valence-electron chi connectivity index (χ1n) is 7.08. The number of nitrogens with one attached hydrogen (secondary N) is 2. The fourth-order valence-electron chi connectivity index (χ4n) is 1.83. The number of anilines is 1. The summed E-state index contributed by atoms with van der Waals surface area (Å²) in [6, 6.07) is 13.2. The Morgan fingerprint density at radius 2 is 1.71 bits per heavy atom. The average molecular weight is 385 g/mol. The van der Waals surface area contributed by atoms with Gasteiger partial charge in [-0.1, -0.05) is 11.6 Å². The van der Waals surface area contributed by atoms with Crippen molar-refractivity contribution in [1.82, 2.24) is 5.32 Å². The van der Waals surface area contributed by atoms with Gasteiger partial charge in [0.15, 0.2) is 9.84 Å². The van der Waals surface area contributed by atoms with Gasteiger partial charge in [-0.25, -0.2) is 13.2 Å². The largest absolute Gasteiger partial charge is 0.337 e. The predicted molar refractivity (Wildman–Crippen MR) is 98.7 cm³/mol. The van der Waals surface area contributed by atoms with Crippen LogP contribution in [0.25, 0.3) is 0 Å². The standard InChI is InChI=1S/C16H17ClN2O3S2/c1-24(21,22)15-8-4-13(5-9-15)19-16(20)18-10-11-23-14-6-2-12(17)3-7-14/h2-9H,10-11H2,1H3,(H2,18,19,20). The molecule has 2 aromatic rings. The van der Waals surface area contributed by atoms with E-state index in [-0.39, 0.29) is 10.9 Å². The maximum Gasteiger partial charge on any atom is 0.319 e. The van der Waals surface area contributed by atoms with Gasteiger partial charge in [-0.05, 0) is 48.5 Å². The molecule has 0 fully saturated rings. The Hall–Kier alpha value is -1.70.